The molecule has 0 unspecified atom stereocenters. The van der Waals surface area contributed by atoms with E-state index < -0.39 is 7.82 Å². The van der Waals surface area contributed by atoms with Crippen molar-refractivity contribution in [3.8, 4) is 0 Å². The zero-order chi connectivity index (χ0) is 9.69. The van der Waals surface area contributed by atoms with Crippen molar-refractivity contribution in [1.29, 1.82) is 0 Å². The minimum atomic E-state index is -4.33. The Kier molecular flexibility index (Phi) is 2.06. The number of hydrogen-bond acceptors (Lipinski definition) is 3. The van der Waals surface area contributed by atoms with Crippen molar-refractivity contribution < 1.29 is 23.6 Å². The summed E-state index contributed by atoms with van der Waals surface area (Å²) in [5, 5.41) is 0. The number of fused-ring (bicyclic) bond motifs is 1. The van der Waals surface area contributed by atoms with Crippen LogP contribution in [0.15, 0.2) is 0 Å². The second-order valence-electron chi connectivity index (χ2n) is 4.10. The molecule has 0 radical (unpaired) electrons. The summed E-state index contributed by atoms with van der Waals surface area (Å²) in [5.74, 6) is 0. The van der Waals surface area contributed by atoms with Crippen LogP contribution in [0.3, 0.4) is 0 Å². The molecular formula is C7H13O5P. The van der Waals surface area contributed by atoms with Gasteiger partial charge in [-0.05, 0) is 18.3 Å². The number of phosphoric acid groups is 1. The van der Waals surface area contributed by atoms with Crippen LogP contribution in [-0.4, -0.2) is 28.6 Å². The van der Waals surface area contributed by atoms with Crippen molar-refractivity contribution in [3.05, 3.63) is 0 Å². The number of ether oxygens (including phenoxy) is 1. The van der Waals surface area contributed by atoms with Gasteiger partial charge in [-0.25, -0.2) is 4.57 Å². The molecule has 2 rings (SSSR count). The van der Waals surface area contributed by atoms with Gasteiger partial charge in [0, 0.05) is 0 Å². The van der Waals surface area contributed by atoms with Crippen LogP contribution in [0, 0.1) is 5.41 Å². The molecule has 3 atom stereocenters. The number of hydrogen-bond donors (Lipinski definition) is 2. The lowest BCUT2D eigenvalue weighted by atomic mass is 10.0. The zero-order valence-electron chi connectivity index (χ0n) is 7.34. The van der Waals surface area contributed by atoms with Gasteiger partial charge in [0.1, 0.15) is 0 Å². The molecule has 13 heavy (non-hydrogen) atoms. The molecule has 1 aliphatic heterocycles. The molecule has 0 aromatic heterocycles. The molecule has 1 saturated heterocycles. The van der Waals surface area contributed by atoms with Gasteiger partial charge >= 0.3 is 7.82 Å². The zero-order valence-corrected chi connectivity index (χ0v) is 8.24. The first-order chi connectivity index (χ1) is 5.89. The quantitative estimate of drug-likeness (QED) is 0.666. The molecule has 2 fully saturated rings. The summed E-state index contributed by atoms with van der Waals surface area (Å²) in [4.78, 5) is 16.9. The van der Waals surface area contributed by atoms with Crippen molar-refractivity contribution in [2.75, 3.05) is 6.61 Å². The minimum absolute atomic E-state index is 0.00360. The third-order valence-electron chi connectivity index (χ3n) is 2.75. The monoisotopic (exact) mass is 208 g/mol. The number of phosphoric ester groups is 1. The highest BCUT2D eigenvalue weighted by atomic mass is 31.2. The van der Waals surface area contributed by atoms with E-state index in [1.165, 1.54) is 0 Å². The fourth-order valence-corrected chi connectivity index (χ4v) is 2.23. The van der Waals surface area contributed by atoms with Gasteiger partial charge in [-0.2, -0.15) is 0 Å². The van der Waals surface area contributed by atoms with Gasteiger partial charge in [-0.1, -0.05) is 6.92 Å². The van der Waals surface area contributed by atoms with Crippen LogP contribution < -0.4 is 0 Å². The second-order valence-corrected chi connectivity index (χ2v) is 5.33. The van der Waals surface area contributed by atoms with Gasteiger partial charge in [0.2, 0.25) is 0 Å². The average Bonchev–Trinajstić information content (AvgIpc) is 2.46. The van der Waals surface area contributed by atoms with E-state index in [1.807, 2.05) is 0 Å². The van der Waals surface area contributed by atoms with Gasteiger partial charge in [0.25, 0.3) is 0 Å². The van der Waals surface area contributed by atoms with E-state index in [-0.39, 0.29) is 24.2 Å². The molecule has 5 nitrogen and oxygen atoms in total. The first-order valence-corrected chi connectivity index (χ1v) is 5.78. The Bertz CT molecular complexity index is 262. The smallest absolute Gasteiger partial charge is 0.372 e. The molecule has 0 spiro atoms. The largest absolute Gasteiger partial charge is 0.469 e. The molecule has 1 aliphatic carbocycles. The van der Waals surface area contributed by atoms with Crippen LogP contribution >= 0.6 is 7.82 Å². The first kappa shape index (κ1) is 9.62. The summed E-state index contributed by atoms with van der Waals surface area (Å²) in [7, 11) is -4.33. The maximum absolute atomic E-state index is 10.4. The van der Waals surface area contributed by atoms with Crippen LogP contribution in [-0.2, 0) is 13.8 Å². The van der Waals surface area contributed by atoms with Crippen molar-refractivity contribution in [2.45, 2.75) is 32.0 Å². The molecular weight excluding hydrogens is 195 g/mol. The van der Waals surface area contributed by atoms with Crippen LogP contribution in [0.4, 0.5) is 0 Å². The van der Waals surface area contributed by atoms with Crippen molar-refractivity contribution >= 4 is 7.82 Å². The second kappa shape index (κ2) is 2.78. The van der Waals surface area contributed by atoms with Gasteiger partial charge in [-0.3, -0.25) is 4.52 Å². The lowest BCUT2D eigenvalue weighted by Crippen LogP contribution is -2.16. The standard InChI is InChI=1S/C7H13O5P/c1-7-2-5(12-6(7)3-7)4-11-13(8,9)10/h5-6H,2-4H2,1H3,(H2,8,9,10)/t5-,6-,7-/m0/s1. The van der Waals surface area contributed by atoms with Crippen molar-refractivity contribution in [2.24, 2.45) is 5.41 Å². The Balaban J connectivity index is 1.77. The predicted octanol–water partition coefficient (Wildman–Crippen LogP) is 0.663. The van der Waals surface area contributed by atoms with Gasteiger partial charge in [0.05, 0.1) is 18.8 Å². The van der Waals surface area contributed by atoms with E-state index in [0.717, 1.165) is 12.8 Å². The van der Waals surface area contributed by atoms with E-state index in [0.29, 0.717) is 0 Å². The molecule has 1 heterocycles. The van der Waals surface area contributed by atoms with Crippen molar-refractivity contribution in [3.63, 3.8) is 0 Å². The topological polar surface area (TPSA) is 76.0 Å². The Morgan fingerprint density at radius 3 is 2.77 bits per heavy atom. The summed E-state index contributed by atoms with van der Waals surface area (Å²) in [5.41, 5.74) is 0.253. The summed E-state index contributed by atoms with van der Waals surface area (Å²) >= 11 is 0. The van der Waals surface area contributed by atoms with Crippen LogP contribution in [0.5, 0.6) is 0 Å². The van der Waals surface area contributed by atoms with Crippen LogP contribution in [0.1, 0.15) is 19.8 Å². The maximum atomic E-state index is 10.4. The van der Waals surface area contributed by atoms with E-state index in [2.05, 4.69) is 11.4 Å². The summed E-state index contributed by atoms with van der Waals surface area (Å²) in [6.07, 6.45) is 2.06. The molecule has 6 heteroatoms. The van der Waals surface area contributed by atoms with E-state index in [1.54, 1.807) is 0 Å². The van der Waals surface area contributed by atoms with E-state index in [4.69, 9.17) is 14.5 Å². The Morgan fingerprint density at radius 2 is 2.31 bits per heavy atom. The first-order valence-electron chi connectivity index (χ1n) is 4.25. The highest BCUT2D eigenvalue weighted by molar-refractivity contribution is 7.46. The summed E-state index contributed by atoms with van der Waals surface area (Å²) in [6, 6.07) is 0. The van der Waals surface area contributed by atoms with E-state index in [9.17, 15) is 4.57 Å². The summed E-state index contributed by atoms with van der Waals surface area (Å²) < 4.78 is 20.2. The Hall–Kier alpha value is 0.0700. The molecule has 76 valence electrons. The lowest BCUT2D eigenvalue weighted by Gasteiger charge is -2.13. The van der Waals surface area contributed by atoms with Gasteiger partial charge in [-0.15, -0.1) is 0 Å². The molecule has 2 N–H and O–H groups in total. The Labute approximate surface area is 76.3 Å². The third-order valence-corrected chi connectivity index (χ3v) is 3.23. The predicted molar refractivity (Wildman–Crippen MR) is 44.0 cm³/mol. The number of rotatable bonds is 3. The highest BCUT2D eigenvalue weighted by Crippen LogP contribution is 2.57. The van der Waals surface area contributed by atoms with Crippen molar-refractivity contribution in [1.82, 2.24) is 0 Å². The molecule has 0 aromatic carbocycles. The summed E-state index contributed by atoms with van der Waals surface area (Å²) in [6.45, 7) is 2.12. The Morgan fingerprint density at radius 1 is 1.62 bits per heavy atom. The molecule has 0 aromatic rings. The van der Waals surface area contributed by atoms with E-state index >= 15 is 0 Å². The minimum Gasteiger partial charge on any atom is -0.372 e. The third kappa shape index (κ3) is 2.11. The molecule has 1 saturated carbocycles. The fourth-order valence-electron chi connectivity index (χ4n) is 1.87. The van der Waals surface area contributed by atoms with Crippen LogP contribution in [0.25, 0.3) is 0 Å². The SMILES string of the molecule is C[C@@]12C[C@@H](COP(=O)(O)O)O[C@H]1C2. The maximum Gasteiger partial charge on any atom is 0.469 e. The highest BCUT2D eigenvalue weighted by Gasteiger charge is 2.58. The lowest BCUT2D eigenvalue weighted by molar-refractivity contribution is 0.0285. The van der Waals surface area contributed by atoms with Gasteiger partial charge in [0.15, 0.2) is 0 Å². The normalized spacial score (nSPS) is 43.3. The average molecular weight is 208 g/mol. The molecule has 0 bridgehead atoms. The van der Waals surface area contributed by atoms with Gasteiger partial charge < -0.3 is 14.5 Å². The fraction of sp³-hybridized carbons (Fsp3) is 1.00. The molecule has 0 amide bonds. The van der Waals surface area contributed by atoms with Crippen LogP contribution in [0.2, 0.25) is 0 Å². The molecule has 2 aliphatic rings.